The zero-order valence-corrected chi connectivity index (χ0v) is 25.0. The van der Waals surface area contributed by atoms with Crippen molar-refractivity contribution in [3.8, 4) is 0 Å². The van der Waals surface area contributed by atoms with E-state index in [1.54, 1.807) is 6.26 Å². The smallest absolute Gasteiger partial charge is 0.174 e. The Balaban J connectivity index is 1.41. The van der Waals surface area contributed by atoms with E-state index in [4.69, 9.17) is 33.2 Å². The van der Waals surface area contributed by atoms with Crippen molar-refractivity contribution in [1.29, 1.82) is 0 Å². The van der Waals surface area contributed by atoms with Gasteiger partial charge in [-0.1, -0.05) is 31.5 Å². The first kappa shape index (κ1) is 26.9. The number of aromatic nitrogens is 2. The third-order valence-corrected chi connectivity index (χ3v) is 8.96. The number of halogens is 1. The average molecular weight is 574 g/mol. The van der Waals surface area contributed by atoms with E-state index in [9.17, 15) is 0 Å². The second kappa shape index (κ2) is 10.9. The molecule has 0 spiro atoms. The van der Waals surface area contributed by atoms with E-state index in [0.29, 0.717) is 23.5 Å². The average Bonchev–Trinajstić information content (AvgIpc) is 3.63. The molecule has 2 aliphatic rings. The summed E-state index contributed by atoms with van der Waals surface area (Å²) in [5.74, 6) is 2.22. The van der Waals surface area contributed by atoms with Gasteiger partial charge in [0.15, 0.2) is 5.11 Å². The summed E-state index contributed by atoms with van der Waals surface area (Å²) in [5.41, 5.74) is 6.57. The van der Waals surface area contributed by atoms with Crippen molar-refractivity contribution < 1.29 is 4.42 Å². The van der Waals surface area contributed by atoms with Crippen LogP contribution in [0, 0.1) is 25.7 Å². The Morgan fingerprint density at radius 1 is 1.05 bits per heavy atom. The highest BCUT2D eigenvalue weighted by Gasteiger charge is 2.42. The maximum Gasteiger partial charge on any atom is 0.174 e. The molecular formula is C32H36ClN5OS. The maximum atomic E-state index is 7.01. The quantitative estimate of drug-likeness (QED) is 0.242. The van der Waals surface area contributed by atoms with Crippen molar-refractivity contribution in [2.75, 3.05) is 22.9 Å². The molecule has 0 radical (unpaired) electrons. The summed E-state index contributed by atoms with van der Waals surface area (Å²) in [6.07, 6.45) is 4.82. The van der Waals surface area contributed by atoms with E-state index in [-0.39, 0.29) is 12.1 Å². The minimum absolute atomic E-state index is 0.101. The maximum absolute atomic E-state index is 7.01. The number of benzene rings is 1. The van der Waals surface area contributed by atoms with Crippen LogP contribution in [0.3, 0.4) is 0 Å². The number of aryl methyl sites for hydroxylation is 1. The summed E-state index contributed by atoms with van der Waals surface area (Å²) in [6, 6.07) is 18.4. The fourth-order valence-electron chi connectivity index (χ4n) is 6.64. The van der Waals surface area contributed by atoms with Crippen molar-refractivity contribution in [2.24, 2.45) is 11.8 Å². The molecule has 3 aromatic heterocycles. The van der Waals surface area contributed by atoms with Gasteiger partial charge in [-0.3, -0.25) is 4.98 Å². The highest BCUT2D eigenvalue weighted by molar-refractivity contribution is 7.80. The number of pyridine rings is 1. The van der Waals surface area contributed by atoms with Gasteiger partial charge < -0.3 is 24.1 Å². The van der Waals surface area contributed by atoms with Crippen LogP contribution >= 0.6 is 23.8 Å². The summed E-state index contributed by atoms with van der Waals surface area (Å²) < 4.78 is 7.98. The Morgan fingerprint density at radius 3 is 2.52 bits per heavy atom. The van der Waals surface area contributed by atoms with Crippen LogP contribution < -0.4 is 15.1 Å². The standard InChI is InChI=1S/C32H36ClN5OS/c1-20-14-21(2)18-36(17-20)29-11-10-24(16-27(29)33)38-31(30(35-32(38)40)28-9-5-6-12-34-28)26-15-22(3)37(23(26)4)19-25-8-7-13-39-25/h5-13,15-16,20-21,30-31H,14,17-19H2,1-4H3,(H,35,40)/t20-,21+,30-,31-/m0/s1. The molecule has 0 aliphatic carbocycles. The van der Waals surface area contributed by atoms with Crippen LogP contribution in [-0.2, 0) is 6.54 Å². The normalized spacial score (nSPS) is 23.1. The molecule has 6 rings (SSSR count). The monoisotopic (exact) mass is 573 g/mol. The van der Waals surface area contributed by atoms with Crippen molar-refractivity contribution >= 4 is 40.3 Å². The Morgan fingerprint density at radius 2 is 1.85 bits per heavy atom. The second-order valence-electron chi connectivity index (χ2n) is 11.5. The number of nitrogens with one attached hydrogen (secondary N) is 1. The third kappa shape index (κ3) is 5.01. The molecule has 2 aliphatic heterocycles. The van der Waals surface area contributed by atoms with Gasteiger partial charge in [-0.05, 0) is 98.4 Å². The van der Waals surface area contributed by atoms with Gasteiger partial charge in [0.1, 0.15) is 5.76 Å². The SMILES string of the molecule is Cc1cc([C@H]2[C@H](c3ccccn3)NC(=S)N2c2ccc(N3C[C@H](C)C[C@H](C)C3)c(Cl)c2)c(C)n1Cc1ccco1. The highest BCUT2D eigenvalue weighted by Crippen LogP contribution is 2.45. The fraction of sp³-hybridized carbons (Fsp3) is 0.375. The van der Waals surface area contributed by atoms with Gasteiger partial charge in [-0.15, -0.1) is 0 Å². The number of rotatable bonds is 6. The molecule has 6 nitrogen and oxygen atoms in total. The van der Waals surface area contributed by atoms with E-state index in [2.05, 4.69) is 77.7 Å². The van der Waals surface area contributed by atoms with Crippen molar-refractivity contribution in [1.82, 2.24) is 14.9 Å². The Hall–Kier alpha value is -3.29. The predicted octanol–water partition coefficient (Wildman–Crippen LogP) is 7.45. The van der Waals surface area contributed by atoms with E-state index in [1.807, 2.05) is 30.5 Å². The Labute approximate surface area is 246 Å². The first-order valence-electron chi connectivity index (χ1n) is 14.0. The molecule has 208 valence electrons. The van der Waals surface area contributed by atoms with Crippen LogP contribution in [0.1, 0.15) is 60.8 Å². The molecule has 5 heterocycles. The molecule has 0 unspecified atom stereocenters. The second-order valence-corrected chi connectivity index (χ2v) is 12.3. The van der Waals surface area contributed by atoms with Gasteiger partial charge in [0.2, 0.25) is 0 Å². The fourth-order valence-corrected chi connectivity index (χ4v) is 7.28. The largest absolute Gasteiger partial charge is 0.467 e. The lowest BCUT2D eigenvalue weighted by molar-refractivity contribution is 0.357. The summed E-state index contributed by atoms with van der Waals surface area (Å²) >= 11 is 13.0. The lowest BCUT2D eigenvalue weighted by atomic mass is 9.91. The van der Waals surface area contributed by atoms with Gasteiger partial charge >= 0.3 is 0 Å². The predicted molar refractivity (Wildman–Crippen MR) is 166 cm³/mol. The molecule has 4 aromatic rings. The number of hydrogen-bond donors (Lipinski definition) is 1. The summed E-state index contributed by atoms with van der Waals surface area (Å²) in [7, 11) is 0. The van der Waals surface area contributed by atoms with Crippen molar-refractivity contribution in [2.45, 2.75) is 52.7 Å². The topological polar surface area (TPSA) is 49.5 Å². The minimum Gasteiger partial charge on any atom is -0.467 e. The lowest BCUT2D eigenvalue weighted by Gasteiger charge is -2.37. The van der Waals surface area contributed by atoms with Crippen LogP contribution in [0.15, 0.2) is 71.5 Å². The lowest BCUT2D eigenvalue weighted by Crippen LogP contribution is -2.38. The number of furan rings is 1. The van der Waals surface area contributed by atoms with Crippen LogP contribution in [0.2, 0.25) is 5.02 Å². The van der Waals surface area contributed by atoms with E-state index in [0.717, 1.165) is 40.9 Å². The first-order chi connectivity index (χ1) is 19.3. The van der Waals surface area contributed by atoms with Gasteiger partial charge in [0.25, 0.3) is 0 Å². The van der Waals surface area contributed by atoms with E-state index < -0.39 is 0 Å². The number of hydrogen-bond acceptors (Lipinski definition) is 4. The molecule has 0 saturated carbocycles. The number of nitrogens with zero attached hydrogens (tertiary/aromatic N) is 4. The molecule has 40 heavy (non-hydrogen) atoms. The van der Waals surface area contributed by atoms with Crippen molar-refractivity contribution in [3.05, 3.63) is 100 Å². The molecule has 0 amide bonds. The number of piperidine rings is 1. The van der Waals surface area contributed by atoms with Crippen LogP contribution in [0.4, 0.5) is 11.4 Å². The number of anilines is 2. The van der Waals surface area contributed by atoms with Crippen LogP contribution in [0.5, 0.6) is 0 Å². The van der Waals surface area contributed by atoms with Gasteiger partial charge in [0, 0.05) is 36.4 Å². The van der Waals surface area contributed by atoms with Gasteiger partial charge in [-0.25, -0.2) is 0 Å². The summed E-state index contributed by atoms with van der Waals surface area (Å²) in [6.45, 7) is 11.7. The zero-order chi connectivity index (χ0) is 28.0. The number of thiocarbonyl (C=S) groups is 1. The molecule has 1 aromatic carbocycles. The molecule has 2 fully saturated rings. The van der Waals surface area contributed by atoms with E-state index >= 15 is 0 Å². The summed E-state index contributed by atoms with van der Waals surface area (Å²) in [4.78, 5) is 9.37. The molecule has 1 N–H and O–H groups in total. The van der Waals surface area contributed by atoms with E-state index in [1.165, 1.54) is 23.4 Å². The highest BCUT2D eigenvalue weighted by atomic mass is 35.5. The minimum atomic E-state index is -0.117. The van der Waals surface area contributed by atoms with Crippen LogP contribution in [-0.4, -0.2) is 27.8 Å². The third-order valence-electron chi connectivity index (χ3n) is 8.34. The Bertz CT molecular complexity index is 1490. The molecule has 4 atom stereocenters. The molecular weight excluding hydrogens is 538 g/mol. The molecule has 2 saturated heterocycles. The zero-order valence-electron chi connectivity index (χ0n) is 23.5. The first-order valence-corrected chi connectivity index (χ1v) is 14.8. The Kier molecular flexibility index (Phi) is 7.36. The molecule has 0 bridgehead atoms. The van der Waals surface area contributed by atoms with Gasteiger partial charge in [-0.2, -0.15) is 0 Å². The molecule has 8 heteroatoms. The van der Waals surface area contributed by atoms with Crippen molar-refractivity contribution in [3.63, 3.8) is 0 Å². The van der Waals surface area contributed by atoms with Crippen LogP contribution in [0.25, 0.3) is 0 Å². The van der Waals surface area contributed by atoms with Gasteiger partial charge in [0.05, 0.1) is 41.3 Å². The summed E-state index contributed by atoms with van der Waals surface area (Å²) in [5, 5.41) is 5.01.